The molecule has 3 heteroatoms. The average Bonchev–Trinajstić information content (AvgIpc) is 2.98. The third-order valence-electron chi connectivity index (χ3n) is 6.07. The van der Waals surface area contributed by atoms with E-state index >= 15 is 0 Å². The molecule has 0 fully saturated rings. The molecule has 27 heavy (non-hydrogen) atoms. The van der Waals surface area contributed by atoms with Gasteiger partial charge in [-0.2, -0.15) is 0 Å². The van der Waals surface area contributed by atoms with Crippen molar-refractivity contribution in [3.63, 3.8) is 0 Å². The number of benzene rings is 2. The van der Waals surface area contributed by atoms with Crippen molar-refractivity contribution in [3.05, 3.63) is 68.8 Å². The number of aryl methyl sites for hydroxylation is 4. The molecule has 2 unspecified atom stereocenters. The highest BCUT2D eigenvalue weighted by Gasteiger charge is 2.46. The van der Waals surface area contributed by atoms with Gasteiger partial charge in [0, 0.05) is 11.1 Å². The molecule has 0 saturated heterocycles. The average molecular weight is 367 g/mol. The van der Waals surface area contributed by atoms with Gasteiger partial charge in [0.2, 0.25) is 0 Å². The Kier molecular flexibility index (Phi) is 4.08. The smallest absolute Gasteiger partial charge is 0.188 e. The second-order valence-electron chi connectivity index (χ2n) is 9.03. The number of hydrogen-bond acceptors (Lipinski definition) is 3. The Morgan fingerprint density at radius 3 is 1.33 bits per heavy atom. The van der Waals surface area contributed by atoms with Crippen LogP contribution >= 0.6 is 0 Å². The van der Waals surface area contributed by atoms with E-state index < -0.39 is 12.6 Å². The van der Waals surface area contributed by atoms with Crippen molar-refractivity contribution in [1.82, 2.24) is 0 Å². The number of rotatable bonds is 2. The molecule has 0 aliphatic carbocycles. The van der Waals surface area contributed by atoms with Gasteiger partial charge in [0.1, 0.15) is 0 Å². The summed E-state index contributed by atoms with van der Waals surface area (Å²) in [5, 5.41) is 0. The molecule has 0 bridgehead atoms. The summed E-state index contributed by atoms with van der Waals surface area (Å²) in [4.78, 5) is 0. The van der Waals surface area contributed by atoms with Crippen LogP contribution in [0.5, 0.6) is 0 Å². The molecule has 0 spiro atoms. The Hall–Kier alpha value is -1.68. The SMILES string of the molecule is Cc1ccc(C)c2c1C(OC1OC(C)(C)c3c(C)ccc(C)c31)OC2(C)C. The Morgan fingerprint density at radius 2 is 0.963 bits per heavy atom. The van der Waals surface area contributed by atoms with Crippen LogP contribution in [0.4, 0.5) is 0 Å². The molecule has 4 rings (SSSR count). The Bertz CT molecular complexity index is 848. The molecule has 0 aromatic heterocycles. The van der Waals surface area contributed by atoms with Crippen LogP contribution in [-0.2, 0) is 25.4 Å². The van der Waals surface area contributed by atoms with Gasteiger partial charge in [0.25, 0.3) is 0 Å². The van der Waals surface area contributed by atoms with Crippen molar-refractivity contribution in [2.75, 3.05) is 0 Å². The second kappa shape index (κ2) is 5.91. The number of ether oxygens (including phenoxy) is 3. The fraction of sp³-hybridized carbons (Fsp3) is 0.500. The van der Waals surface area contributed by atoms with Crippen molar-refractivity contribution >= 4 is 0 Å². The van der Waals surface area contributed by atoms with E-state index in [0.717, 1.165) is 11.1 Å². The molecule has 2 aromatic carbocycles. The molecule has 2 atom stereocenters. The van der Waals surface area contributed by atoms with Crippen molar-refractivity contribution < 1.29 is 14.2 Å². The molecule has 0 N–H and O–H groups in total. The molecule has 144 valence electrons. The summed E-state index contributed by atoms with van der Waals surface area (Å²) in [6.07, 6.45) is -0.858. The fourth-order valence-corrected chi connectivity index (χ4v) is 4.95. The molecule has 3 nitrogen and oxygen atoms in total. The molecule has 0 amide bonds. The molecule has 0 saturated carbocycles. The first-order valence-electron chi connectivity index (χ1n) is 9.75. The van der Waals surface area contributed by atoms with Crippen molar-refractivity contribution in [3.8, 4) is 0 Å². The first-order valence-corrected chi connectivity index (χ1v) is 9.75. The highest BCUT2D eigenvalue weighted by molar-refractivity contribution is 5.48. The molecule has 2 aromatic rings. The first-order chi connectivity index (χ1) is 12.5. The summed E-state index contributed by atoms with van der Waals surface area (Å²) in [6, 6.07) is 8.63. The minimum atomic E-state index is -0.429. The normalized spacial score (nSPS) is 24.7. The van der Waals surface area contributed by atoms with Gasteiger partial charge in [-0.05, 0) is 88.8 Å². The quantitative estimate of drug-likeness (QED) is 0.636. The van der Waals surface area contributed by atoms with Gasteiger partial charge < -0.3 is 14.2 Å². The number of fused-ring (bicyclic) bond motifs is 2. The van der Waals surface area contributed by atoms with Crippen LogP contribution in [0.2, 0.25) is 0 Å². The fourth-order valence-electron chi connectivity index (χ4n) is 4.95. The zero-order valence-corrected chi connectivity index (χ0v) is 17.7. The maximum Gasteiger partial charge on any atom is 0.188 e. The molecule has 2 heterocycles. The summed E-state index contributed by atoms with van der Waals surface area (Å²) >= 11 is 0. The van der Waals surface area contributed by atoms with Gasteiger partial charge in [0.15, 0.2) is 12.6 Å². The second-order valence-corrected chi connectivity index (χ2v) is 9.03. The van der Waals surface area contributed by atoms with E-state index in [0.29, 0.717) is 0 Å². The lowest BCUT2D eigenvalue weighted by molar-refractivity contribution is -0.286. The first kappa shape index (κ1) is 18.7. The minimum absolute atomic E-state index is 0.380. The van der Waals surface area contributed by atoms with Crippen LogP contribution in [-0.4, -0.2) is 0 Å². The van der Waals surface area contributed by atoms with Gasteiger partial charge in [0.05, 0.1) is 11.2 Å². The third kappa shape index (κ3) is 2.75. The molecular weight excluding hydrogens is 336 g/mol. The van der Waals surface area contributed by atoms with Crippen LogP contribution in [0, 0.1) is 27.7 Å². The Labute approximate surface area is 162 Å². The van der Waals surface area contributed by atoms with E-state index in [4.69, 9.17) is 14.2 Å². The van der Waals surface area contributed by atoms with Crippen LogP contribution in [0.15, 0.2) is 24.3 Å². The van der Waals surface area contributed by atoms with Crippen molar-refractivity contribution in [1.29, 1.82) is 0 Å². The summed E-state index contributed by atoms with van der Waals surface area (Å²) in [6.45, 7) is 17.0. The Morgan fingerprint density at radius 1 is 0.630 bits per heavy atom. The predicted molar refractivity (Wildman–Crippen MR) is 107 cm³/mol. The lowest BCUT2D eigenvalue weighted by Gasteiger charge is -2.25. The highest BCUT2D eigenvalue weighted by Crippen LogP contribution is 2.52. The van der Waals surface area contributed by atoms with Gasteiger partial charge in [-0.3, -0.25) is 0 Å². The van der Waals surface area contributed by atoms with E-state index in [1.807, 2.05) is 0 Å². The van der Waals surface area contributed by atoms with Gasteiger partial charge in [-0.1, -0.05) is 24.3 Å². The lowest BCUT2D eigenvalue weighted by Crippen LogP contribution is -2.20. The zero-order valence-electron chi connectivity index (χ0n) is 17.7. The van der Waals surface area contributed by atoms with E-state index in [1.54, 1.807) is 0 Å². The van der Waals surface area contributed by atoms with Gasteiger partial charge in [-0.25, -0.2) is 0 Å². The minimum Gasteiger partial charge on any atom is -0.338 e. The van der Waals surface area contributed by atoms with Crippen molar-refractivity contribution in [2.24, 2.45) is 0 Å². The monoisotopic (exact) mass is 366 g/mol. The van der Waals surface area contributed by atoms with E-state index in [9.17, 15) is 0 Å². The summed E-state index contributed by atoms with van der Waals surface area (Å²) in [5.41, 5.74) is 8.91. The molecule has 2 aliphatic heterocycles. The Balaban J connectivity index is 1.77. The summed E-state index contributed by atoms with van der Waals surface area (Å²) in [7, 11) is 0. The van der Waals surface area contributed by atoms with Crippen LogP contribution in [0.3, 0.4) is 0 Å². The maximum absolute atomic E-state index is 6.52. The van der Waals surface area contributed by atoms with Crippen LogP contribution in [0.1, 0.15) is 84.8 Å². The molecule has 0 radical (unpaired) electrons. The maximum atomic E-state index is 6.52. The lowest BCUT2D eigenvalue weighted by atomic mass is 9.89. The van der Waals surface area contributed by atoms with Crippen molar-refractivity contribution in [2.45, 2.75) is 79.2 Å². The molecular formula is C24H30O3. The van der Waals surface area contributed by atoms with Crippen LogP contribution in [0.25, 0.3) is 0 Å². The third-order valence-corrected chi connectivity index (χ3v) is 6.07. The van der Waals surface area contributed by atoms with E-state index in [1.165, 1.54) is 33.4 Å². The summed E-state index contributed by atoms with van der Waals surface area (Å²) < 4.78 is 19.3. The zero-order chi connectivity index (χ0) is 19.7. The van der Waals surface area contributed by atoms with Gasteiger partial charge in [-0.15, -0.1) is 0 Å². The van der Waals surface area contributed by atoms with E-state index in [2.05, 4.69) is 79.7 Å². The predicted octanol–water partition coefficient (Wildman–Crippen LogP) is 6.16. The highest BCUT2D eigenvalue weighted by atomic mass is 16.8. The standard InChI is InChI=1S/C24H30O3/c1-13-9-11-15(3)19-17(13)21(26-23(19,5)6)25-22-18-14(2)10-12-16(4)20(18)24(7,8)27-22/h9-12,21-22H,1-8H3. The van der Waals surface area contributed by atoms with Gasteiger partial charge >= 0.3 is 0 Å². The molecule has 2 aliphatic rings. The van der Waals surface area contributed by atoms with Crippen LogP contribution < -0.4 is 0 Å². The summed E-state index contributed by atoms with van der Waals surface area (Å²) in [5.74, 6) is 0. The number of hydrogen-bond donors (Lipinski definition) is 0. The van der Waals surface area contributed by atoms with E-state index in [-0.39, 0.29) is 11.2 Å². The largest absolute Gasteiger partial charge is 0.338 e. The topological polar surface area (TPSA) is 27.7 Å².